The van der Waals surface area contributed by atoms with Gasteiger partial charge in [0, 0.05) is 30.2 Å². The Kier molecular flexibility index (Phi) is 5.80. The Balaban J connectivity index is 1.99. The number of hydrogen-bond donors (Lipinski definition) is 1. The van der Waals surface area contributed by atoms with Gasteiger partial charge in [-0.15, -0.1) is 0 Å². The summed E-state index contributed by atoms with van der Waals surface area (Å²) >= 11 is 1.96. The molecule has 1 aromatic rings. The Hall–Kier alpha value is -1.62. The van der Waals surface area contributed by atoms with Crippen LogP contribution in [0.25, 0.3) is 0 Å². The summed E-state index contributed by atoms with van der Waals surface area (Å²) in [5, 5.41) is 0. The van der Waals surface area contributed by atoms with E-state index >= 15 is 0 Å². The fourth-order valence-electron chi connectivity index (χ4n) is 1.98. The second-order valence-corrected chi connectivity index (χ2v) is 5.71. The maximum Gasteiger partial charge on any atom is 0.191 e. The molecule has 2 rings (SSSR count). The van der Waals surface area contributed by atoms with Crippen LogP contribution >= 0.6 is 11.8 Å². The van der Waals surface area contributed by atoms with E-state index in [1.54, 1.807) is 6.08 Å². The quantitative estimate of drug-likeness (QED) is 0.513. The lowest BCUT2D eigenvalue weighted by Crippen LogP contribution is -2.42. The van der Waals surface area contributed by atoms with E-state index in [0.29, 0.717) is 19.1 Å². The van der Waals surface area contributed by atoms with Crippen molar-refractivity contribution < 1.29 is 4.74 Å². The summed E-state index contributed by atoms with van der Waals surface area (Å²) in [5.74, 6) is 3.71. The zero-order valence-corrected chi connectivity index (χ0v) is 12.4. The molecule has 0 saturated carbocycles. The van der Waals surface area contributed by atoms with Crippen LogP contribution in [-0.2, 0) is 6.54 Å². The van der Waals surface area contributed by atoms with Crippen LogP contribution in [0, 0.1) is 0 Å². The molecule has 0 atom stereocenters. The third-order valence-corrected chi connectivity index (χ3v) is 4.02. The molecule has 0 radical (unpaired) electrons. The molecule has 0 spiro atoms. The first-order valence-electron chi connectivity index (χ1n) is 6.75. The van der Waals surface area contributed by atoms with Gasteiger partial charge in [0.05, 0.1) is 6.54 Å². The van der Waals surface area contributed by atoms with Crippen molar-refractivity contribution in [1.82, 2.24) is 4.90 Å². The standard InChI is InChI=1S/C15H21N3OS/c1-2-9-19-14-6-4-3-5-13(14)12-17-15(16)18-7-10-20-11-8-18/h2-6H,1,7-12H2,(H2,16,17). The first kappa shape index (κ1) is 14.8. The molecule has 4 nitrogen and oxygen atoms in total. The monoisotopic (exact) mass is 291 g/mol. The molecule has 1 aliphatic rings. The number of nitrogens with two attached hydrogens (primary N) is 1. The Bertz CT molecular complexity index is 470. The molecule has 1 aliphatic heterocycles. The molecule has 0 unspecified atom stereocenters. The van der Waals surface area contributed by atoms with Crippen LogP contribution in [-0.4, -0.2) is 42.1 Å². The average molecular weight is 291 g/mol. The number of guanidine groups is 1. The lowest BCUT2D eigenvalue weighted by molar-refractivity contribution is 0.359. The maximum atomic E-state index is 6.06. The zero-order chi connectivity index (χ0) is 14.2. The SMILES string of the molecule is C=CCOc1ccccc1CN=C(N)N1CCSCC1. The van der Waals surface area contributed by atoms with Crippen LogP contribution in [0.3, 0.4) is 0 Å². The van der Waals surface area contributed by atoms with Crippen molar-refractivity contribution in [2.24, 2.45) is 10.7 Å². The highest BCUT2D eigenvalue weighted by molar-refractivity contribution is 7.99. The highest BCUT2D eigenvalue weighted by atomic mass is 32.2. The van der Waals surface area contributed by atoms with E-state index in [9.17, 15) is 0 Å². The van der Waals surface area contributed by atoms with Crippen molar-refractivity contribution in [3.63, 3.8) is 0 Å². The highest BCUT2D eigenvalue weighted by Crippen LogP contribution is 2.19. The van der Waals surface area contributed by atoms with Crippen molar-refractivity contribution in [2.75, 3.05) is 31.2 Å². The molecule has 5 heteroatoms. The van der Waals surface area contributed by atoms with Crippen LogP contribution in [0.15, 0.2) is 41.9 Å². The Morgan fingerprint density at radius 2 is 2.15 bits per heavy atom. The first-order chi connectivity index (χ1) is 9.81. The van der Waals surface area contributed by atoms with E-state index in [1.165, 1.54) is 0 Å². The van der Waals surface area contributed by atoms with Gasteiger partial charge in [0.25, 0.3) is 0 Å². The molecule has 0 bridgehead atoms. The van der Waals surface area contributed by atoms with Crippen LogP contribution in [0.5, 0.6) is 5.75 Å². The molecule has 108 valence electrons. The number of ether oxygens (including phenoxy) is 1. The molecule has 20 heavy (non-hydrogen) atoms. The largest absolute Gasteiger partial charge is 0.489 e. The normalized spacial score (nSPS) is 16.0. The van der Waals surface area contributed by atoms with Crippen molar-refractivity contribution in [3.05, 3.63) is 42.5 Å². The van der Waals surface area contributed by atoms with Gasteiger partial charge in [-0.3, -0.25) is 0 Å². The molecule has 1 saturated heterocycles. The molecule has 0 aromatic heterocycles. The van der Waals surface area contributed by atoms with Crippen LogP contribution in [0.1, 0.15) is 5.56 Å². The van der Waals surface area contributed by atoms with Gasteiger partial charge in [-0.05, 0) is 6.07 Å². The maximum absolute atomic E-state index is 6.06. The third-order valence-electron chi connectivity index (χ3n) is 3.08. The van der Waals surface area contributed by atoms with Crippen LogP contribution in [0.2, 0.25) is 0 Å². The van der Waals surface area contributed by atoms with Gasteiger partial charge in [-0.1, -0.05) is 30.9 Å². The topological polar surface area (TPSA) is 50.9 Å². The van der Waals surface area contributed by atoms with E-state index < -0.39 is 0 Å². The number of hydrogen-bond acceptors (Lipinski definition) is 3. The van der Waals surface area contributed by atoms with Crippen LogP contribution in [0.4, 0.5) is 0 Å². The Labute approximate surface area is 124 Å². The number of aliphatic imine (C=N–C) groups is 1. The molecular weight excluding hydrogens is 270 g/mol. The lowest BCUT2D eigenvalue weighted by Gasteiger charge is -2.27. The minimum absolute atomic E-state index is 0.500. The van der Waals surface area contributed by atoms with E-state index in [0.717, 1.165) is 35.9 Å². The number of benzene rings is 1. The van der Waals surface area contributed by atoms with Crippen molar-refractivity contribution >= 4 is 17.7 Å². The Morgan fingerprint density at radius 3 is 2.90 bits per heavy atom. The molecule has 1 fully saturated rings. The van der Waals surface area contributed by atoms with Gasteiger partial charge in [0.2, 0.25) is 0 Å². The number of rotatable bonds is 5. The van der Waals surface area contributed by atoms with E-state index in [1.807, 2.05) is 36.0 Å². The molecular formula is C15H21N3OS. The smallest absolute Gasteiger partial charge is 0.191 e. The average Bonchev–Trinajstić information content (AvgIpc) is 2.52. The van der Waals surface area contributed by atoms with Gasteiger partial charge in [-0.2, -0.15) is 11.8 Å². The summed E-state index contributed by atoms with van der Waals surface area (Å²) in [6, 6.07) is 7.90. The second-order valence-electron chi connectivity index (χ2n) is 4.48. The summed E-state index contributed by atoms with van der Waals surface area (Å²) in [4.78, 5) is 6.63. The second kappa shape index (κ2) is 7.85. The van der Waals surface area contributed by atoms with Crippen molar-refractivity contribution in [1.29, 1.82) is 0 Å². The van der Waals surface area contributed by atoms with Crippen molar-refractivity contribution in [3.8, 4) is 5.75 Å². The third kappa shape index (κ3) is 4.20. The summed E-state index contributed by atoms with van der Waals surface area (Å²) in [7, 11) is 0. The minimum atomic E-state index is 0.500. The molecule has 1 aromatic carbocycles. The van der Waals surface area contributed by atoms with Crippen LogP contribution < -0.4 is 10.5 Å². The fraction of sp³-hybridized carbons (Fsp3) is 0.400. The molecule has 1 heterocycles. The Morgan fingerprint density at radius 1 is 1.40 bits per heavy atom. The summed E-state index contributed by atoms with van der Waals surface area (Å²) in [6.07, 6.45) is 1.74. The fourth-order valence-corrected chi connectivity index (χ4v) is 2.89. The molecule has 0 aliphatic carbocycles. The van der Waals surface area contributed by atoms with Gasteiger partial charge in [-0.25, -0.2) is 4.99 Å². The first-order valence-corrected chi connectivity index (χ1v) is 7.91. The van der Waals surface area contributed by atoms with E-state index in [2.05, 4.69) is 16.5 Å². The number of thioether (sulfide) groups is 1. The van der Waals surface area contributed by atoms with Gasteiger partial charge >= 0.3 is 0 Å². The predicted molar refractivity (Wildman–Crippen MR) is 86.4 cm³/mol. The molecule has 2 N–H and O–H groups in total. The summed E-state index contributed by atoms with van der Waals surface area (Å²) < 4.78 is 5.62. The van der Waals surface area contributed by atoms with Gasteiger partial charge in [0.1, 0.15) is 12.4 Å². The number of nitrogens with zero attached hydrogens (tertiary/aromatic N) is 2. The van der Waals surface area contributed by atoms with E-state index in [4.69, 9.17) is 10.5 Å². The summed E-state index contributed by atoms with van der Waals surface area (Å²) in [5.41, 5.74) is 7.10. The van der Waals surface area contributed by atoms with Gasteiger partial charge in [0.15, 0.2) is 5.96 Å². The van der Waals surface area contributed by atoms with Crippen molar-refractivity contribution in [2.45, 2.75) is 6.54 Å². The van der Waals surface area contributed by atoms with Gasteiger partial charge < -0.3 is 15.4 Å². The molecule has 0 amide bonds. The van der Waals surface area contributed by atoms with E-state index in [-0.39, 0.29) is 0 Å². The predicted octanol–water partition coefficient (Wildman–Crippen LogP) is 2.11. The number of para-hydroxylation sites is 1. The zero-order valence-electron chi connectivity index (χ0n) is 11.6. The minimum Gasteiger partial charge on any atom is -0.489 e. The lowest BCUT2D eigenvalue weighted by atomic mass is 10.2. The summed E-state index contributed by atoms with van der Waals surface area (Å²) in [6.45, 7) is 6.67. The highest BCUT2D eigenvalue weighted by Gasteiger charge is 2.12.